The molecule has 1 atom stereocenters. The SMILES string of the molecule is CCCCC/C=C\C/C=C\CCCCCCCCOC(=O)CCC(OC(=O)N(C)CCN(C)C)C(=O)OCCCCCCCC/C=C\C/C=C\CCCCC. The zero-order valence-electron chi connectivity index (χ0n) is 36.3. The van der Waals surface area contributed by atoms with Gasteiger partial charge in [-0.3, -0.25) is 4.79 Å². The van der Waals surface area contributed by atoms with Crippen molar-refractivity contribution >= 4 is 18.0 Å². The first-order valence-corrected chi connectivity index (χ1v) is 22.3. The second kappa shape index (κ2) is 40.8. The number of amides is 1. The summed E-state index contributed by atoms with van der Waals surface area (Å²) in [5, 5.41) is 0. The van der Waals surface area contributed by atoms with E-state index in [9.17, 15) is 14.4 Å². The molecule has 55 heavy (non-hydrogen) atoms. The number of nitrogens with zero attached hydrogens (tertiary/aromatic N) is 2. The zero-order chi connectivity index (χ0) is 40.5. The maximum Gasteiger partial charge on any atom is 0.410 e. The van der Waals surface area contributed by atoms with Gasteiger partial charge in [0, 0.05) is 33.0 Å². The number of likely N-dealkylation sites (N-methyl/N-ethyl adjacent to an activating group) is 2. The Morgan fingerprint density at radius 1 is 0.509 bits per heavy atom. The Labute approximate surface area is 338 Å². The van der Waals surface area contributed by atoms with Gasteiger partial charge in [0.05, 0.1) is 13.2 Å². The predicted octanol–water partition coefficient (Wildman–Crippen LogP) is 12.5. The molecule has 0 saturated heterocycles. The lowest BCUT2D eigenvalue weighted by atomic mass is 10.1. The average Bonchev–Trinajstić information content (AvgIpc) is 3.17. The van der Waals surface area contributed by atoms with Gasteiger partial charge in [0.1, 0.15) is 0 Å². The molecule has 0 aromatic rings. The molecule has 0 spiro atoms. The van der Waals surface area contributed by atoms with Crippen molar-refractivity contribution in [1.29, 1.82) is 0 Å². The van der Waals surface area contributed by atoms with Crippen molar-refractivity contribution in [3.05, 3.63) is 48.6 Å². The standard InChI is InChI=1S/C47H84N2O6/c1-6-8-10-12-14-16-18-20-22-24-26-28-30-32-34-36-42-53-45(50)39-38-44(55-47(52)49(5)41-40-48(3)4)46(51)54-43-37-35-33-31-29-27-25-23-21-19-17-15-13-11-9-7-2/h14-17,20-23,44H,6-13,18-19,24-43H2,1-5H3/b16-14-,17-15-,22-20-,23-21-. The fourth-order valence-electron chi connectivity index (χ4n) is 5.83. The van der Waals surface area contributed by atoms with E-state index in [4.69, 9.17) is 14.2 Å². The fourth-order valence-corrected chi connectivity index (χ4v) is 5.83. The van der Waals surface area contributed by atoms with Crippen LogP contribution in [0.4, 0.5) is 4.79 Å². The first-order chi connectivity index (χ1) is 26.8. The van der Waals surface area contributed by atoms with Crippen LogP contribution in [0.15, 0.2) is 48.6 Å². The van der Waals surface area contributed by atoms with E-state index in [2.05, 4.69) is 62.5 Å². The Hall–Kier alpha value is -2.87. The fraction of sp³-hybridized carbons (Fsp3) is 0.766. The van der Waals surface area contributed by atoms with Gasteiger partial charge >= 0.3 is 18.0 Å². The molecule has 0 rings (SSSR count). The molecule has 0 saturated carbocycles. The molecule has 0 aromatic carbocycles. The molecule has 1 unspecified atom stereocenters. The molecule has 0 heterocycles. The van der Waals surface area contributed by atoms with Crippen molar-refractivity contribution < 1.29 is 28.6 Å². The average molecular weight is 773 g/mol. The molecule has 0 radical (unpaired) electrons. The highest BCUT2D eigenvalue weighted by Crippen LogP contribution is 2.13. The third-order valence-electron chi connectivity index (χ3n) is 9.51. The van der Waals surface area contributed by atoms with Gasteiger partial charge in [0.15, 0.2) is 0 Å². The Bertz CT molecular complexity index is 1020. The summed E-state index contributed by atoms with van der Waals surface area (Å²) in [6.07, 6.45) is 44.0. The smallest absolute Gasteiger partial charge is 0.410 e. The second-order valence-corrected chi connectivity index (χ2v) is 15.2. The molecule has 0 aliphatic rings. The quantitative estimate of drug-likeness (QED) is 0.0267. The first-order valence-electron chi connectivity index (χ1n) is 22.3. The number of hydrogen-bond acceptors (Lipinski definition) is 7. The lowest BCUT2D eigenvalue weighted by Crippen LogP contribution is -2.38. The second-order valence-electron chi connectivity index (χ2n) is 15.2. The molecular formula is C47H84N2O6. The van der Waals surface area contributed by atoms with Gasteiger partial charge in [-0.25, -0.2) is 9.59 Å². The summed E-state index contributed by atoms with van der Waals surface area (Å²) in [6, 6.07) is 0. The number of carbonyl (C=O) groups is 3. The number of ether oxygens (including phenoxy) is 3. The van der Waals surface area contributed by atoms with E-state index in [1.165, 1.54) is 88.4 Å². The number of esters is 2. The lowest BCUT2D eigenvalue weighted by molar-refractivity contribution is -0.155. The molecule has 0 aromatic heterocycles. The number of hydrogen-bond donors (Lipinski definition) is 0. The van der Waals surface area contributed by atoms with Crippen LogP contribution in [0.3, 0.4) is 0 Å². The summed E-state index contributed by atoms with van der Waals surface area (Å²) in [5.41, 5.74) is 0. The summed E-state index contributed by atoms with van der Waals surface area (Å²) >= 11 is 0. The number of allylic oxidation sites excluding steroid dienone is 8. The molecule has 0 bridgehead atoms. The Morgan fingerprint density at radius 3 is 1.38 bits per heavy atom. The summed E-state index contributed by atoms with van der Waals surface area (Å²) in [6.45, 7) is 6.23. The largest absolute Gasteiger partial charge is 0.466 e. The first kappa shape index (κ1) is 52.1. The van der Waals surface area contributed by atoms with Crippen LogP contribution in [0, 0.1) is 0 Å². The minimum atomic E-state index is -1.15. The van der Waals surface area contributed by atoms with E-state index in [0.29, 0.717) is 19.7 Å². The maximum atomic E-state index is 13.0. The maximum absolute atomic E-state index is 13.0. The Morgan fingerprint density at radius 2 is 0.927 bits per heavy atom. The third-order valence-corrected chi connectivity index (χ3v) is 9.51. The summed E-state index contributed by atoms with van der Waals surface area (Å²) in [4.78, 5) is 41.6. The van der Waals surface area contributed by atoms with Crippen molar-refractivity contribution in [3.63, 3.8) is 0 Å². The van der Waals surface area contributed by atoms with Gasteiger partial charge < -0.3 is 24.0 Å². The molecule has 0 fully saturated rings. The Kier molecular flexibility index (Phi) is 38.7. The van der Waals surface area contributed by atoms with Crippen LogP contribution in [0.5, 0.6) is 0 Å². The van der Waals surface area contributed by atoms with Crippen molar-refractivity contribution in [1.82, 2.24) is 9.80 Å². The zero-order valence-corrected chi connectivity index (χ0v) is 36.3. The van der Waals surface area contributed by atoms with Gasteiger partial charge in [0.2, 0.25) is 6.10 Å². The van der Waals surface area contributed by atoms with Crippen molar-refractivity contribution in [2.24, 2.45) is 0 Å². The van der Waals surface area contributed by atoms with Gasteiger partial charge in [0.25, 0.3) is 0 Å². The van der Waals surface area contributed by atoms with Crippen LogP contribution in [0.1, 0.15) is 181 Å². The molecule has 8 nitrogen and oxygen atoms in total. The van der Waals surface area contributed by atoms with Crippen LogP contribution < -0.4 is 0 Å². The number of carbonyl (C=O) groups excluding carboxylic acids is 3. The monoisotopic (exact) mass is 773 g/mol. The van der Waals surface area contributed by atoms with Crippen molar-refractivity contribution in [3.8, 4) is 0 Å². The molecule has 0 aliphatic carbocycles. The van der Waals surface area contributed by atoms with Gasteiger partial charge in [-0.15, -0.1) is 0 Å². The minimum Gasteiger partial charge on any atom is -0.466 e. The van der Waals surface area contributed by atoms with Crippen molar-refractivity contribution in [2.75, 3.05) is 47.4 Å². The molecule has 0 N–H and O–H groups in total. The highest BCUT2D eigenvalue weighted by molar-refractivity contribution is 5.79. The van der Waals surface area contributed by atoms with Crippen LogP contribution in [0.25, 0.3) is 0 Å². The third kappa shape index (κ3) is 37.8. The normalized spacial score (nSPS) is 12.5. The van der Waals surface area contributed by atoms with Gasteiger partial charge in [-0.05, 0) is 91.1 Å². The van der Waals surface area contributed by atoms with E-state index in [1.54, 1.807) is 7.05 Å². The van der Waals surface area contributed by atoms with Crippen LogP contribution in [-0.4, -0.2) is 81.4 Å². The van der Waals surface area contributed by atoms with Gasteiger partial charge in [-0.1, -0.05) is 140 Å². The van der Waals surface area contributed by atoms with E-state index in [0.717, 1.165) is 70.6 Å². The lowest BCUT2D eigenvalue weighted by Gasteiger charge is -2.22. The van der Waals surface area contributed by atoms with E-state index >= 15 is 0 Å². The van der Waals surface area contributed by atoms with E-state index in [-0.39, 0.29) is 25.4 Å². The van der Waals surface area contributed by atoms with E-state index in [1.807, 2.05) is 19.0 Å². The highest BCUT2D eigenvalue weighted by Gasteiger charge is 2.27. The predicted molar refractivity (Wildman–Crippen MR) is 231 cm³/mol. The molecule has 1 amide bonds. The summed E-state index contributed by atoms with van der Waals surface area (Å²) in [7, 11) is 5.49. The molecular weight excluding hydrogens is 689 g/mol. The van der Waals surface area contributed by atoms with Crippen LogP contribution >= 0.6 is 0 Å². The molecule has 8 heteroatoms. The summed E-state index contributed by atoms with van der Waals surface area (Å²) in [5.74, 6) is -0.989. The number of rotatable bonds is 38. The summed E-state index contributed by atoms with van der Waals surface area (Å²) < 4.78 is 16.5. The topological polar surface area (TPSA) is 85.4 Å². The molecule has 318 valence electrons. The van der Waals surface area contributed by atoms with Crippen LogP contribution in [-0.2, 0) is 23.8 Å². The Balaban J connectivity index is 4.27. The molecule has 0 aliphatic heterocycles. The van der Waals surface area contributed by atoms with Crippen molar-refractivity contribution in [2.45, 2.75) is 187 Å². The highest BCUT2D eigenvalue weighted by atomic mass is 16.6. The van der Waals surface area contributed by atoms with Gasteiger partial charge in [-0.2, -0.15) is 0 Å². The van der Waals surface area contributed by atoms with Crippen LogP contribution in [0.2, 0.25) is 0 Å². The number of unbranched alkanes of at least 4 members (excludes halogenated alkanes) is 18. The van der Waals surface area contributed by atoms with E-state index < -0.39 is 18.2 Å². The minimum absolute atomic E-state index is 0.0123.